The van der Waals surface area contributed by atoms with Crippen LogP contribution in [0.25, 0.3) is 0 Å². The summed E-state index contributed by atoms with van der Waals surface area (Å²) in [5, 5.41) is 19.0. The van der Waals surface area contributed by atoms with Gasteiger partial charge in [-0.1, -0.05) is 13.8 Å². The van der Waals surface area contributed by atoms with Gasteiger partial charge in [0.15, 0.2) is 5.78 Å². The first-order valence-electron chi connectivity index (χ1n) is 6.97. The van der Waals surface area contributed by atoms with E-state index in [1.807, 2.05) is 13.8 Å². The molecule has 0 aromatic carbocycles. The minimum atomic E-state index is -0.445. The zero-order valence-electron chi connectivity index (χ0n) is 12.8. The molecule has 1 saturated carbocycles. The lowest BCUT2D eigenvalue weighted by Gasteiger charge is -2.31. The van der Waals surface area contributed by atoms with Crippen LogP contribution in [0.2, 0.25) is 0 Å². The van der Waals surface area contributed by atoms with Crippen LogP contribution >= 0.6 is 0 Å². The van der Waals surface area contributed by atoms with Gasteiger partial charge in [0.25, 0.3) is 0 Å². The standard InChI is InChI=1S/C15H23NO5/c1-15(2)8-10(16-6-7-17)14(12(19)9-15)11(18)4-5-13(20)21-3/h17-18H,4-9H2,1-3H3. The highest BCUT2D eigenvalue weighted by molar-refractivity contribution is 6.24. The summed E-state index contributed by atoms with van der Waals surface area (Å²) in [6.45, 7) is 3.99. The molecule has 2 N–H and O–H groups in total. The molecule has 1 aliphatic rings. The Labute approximate surface area is 124 Å². The Bertz CT molecular complexity index is 476. The molecule has 0 bridgehead atoms. The van der Waals surface area contributed by atoms with E-state index in [0.717, 1.165) is 0 Å². The van der Waals surface area contributed by atoms with E-state index in [1.54, 1.807) is 0 Å². The molecular formula is C15H23NO5. The first-order valence-corrected chi connectivity index (χ1v) is 6.97. The van der Waals surface area contributed by atoms with Crippen LogP contribution in [0.4, 0.5) is 0 Å². The number of aliphatic hydroxyl groups is 2. The molecule has 0 radical (unpaired) electrons. The average Bonchev–Trinajstić information content (AvgIpc) is 2.40. The molecule has 0 atom stereocenters. The van der Waals surface area contributed by atoms with Gasteiger partial charge in [0.1, 0.15) is 5.76 Å². The van der Waals surface area contributed by atoms with Gasteiger partial charge in [0.2, 0.25) is 0 Å². The molecule has 6 heteroatoms. The maximum atomic E-state index is 12.3. The van der Waals surface area contributed by atoms with Crippen LogP contribution < -0.4 is 0 Å². The molecule has 0 unspecified atom stereocenters. The lowest BCUT2D eigenvalue weighted by atomic mass is 9.73. The molecule has 1 rings (SSSR count). The molecule has 0 saturated heterocycles. The highest BCUT2D eigenvalue weighted by Gasteiger charge is 2.36. The third kappa shape index (κ3) is 4.97. The molecule has 0 aromatic rings. The molecule has 0 amide bonds. The Kier molecular flexibility index (Phi) is 6.08. The first-order chi connectivity index (χ1) is 9.80. The van der Waals surface area contributed by atoms with E-state index in [1.165, 1.54) is 7.11 Å². The predicted octanol–water partition coefficient (Wildman–Crippen LogP) is 1.57. The second-order valence-electron chi connectivity index (χ2n) is 5.89. The number of rotatable bonds is 5. The van der Waals surface area contributed by atoms with E-state index in [4.69, 9.17) is 5.11 Å². The van der Waals surface area contributed by atoms with Crippen molar-refractivity contribution in [3.05, 3.63) is 11.3 Å². The largest absolute Gasteiger partial charge is 0.511 e. The summed E-state index contributed by atoms with van der Waals surface area (Å²) in [5.41, 5.74) is 0.483. The van der Waals surface area contributed by atoms with Crippen molar-refractivity contribution >= 4 is 17.5 Å². The van der Waals surface area contributed by atoms with Gasteiger partial charge in [-0.3, -0.25) is 14.6 Å². The Balaban J connectivity index is 3.03. The number of hydrogen-bond donors (Lipinski definition) is 2. The molecule has 1 fully saturated rings. The van der Waals surface area contributed by atoms with Gasteiger partial charge in [-0.15, -0.1) is 0 Å². The molecular weight excluding hydrogens is 274 g/mol. The van der Waals surface area contributed by atoms with E-state index in [-0.39, 0.29) is 48.5 Å². The number of allylic oxidation sites excluding steroid dienone is 2. The van der Waals surface area contributed by atoms with Crippen molar-refractivity contribution in [3.8, 4) is 0 Å². The molecule has 0 aliphatic heterocycles. The van der Waals surface area contributed by atoms with Gasteiger partial charge >= 0.3 is 5.97 Å². The first kappa shape index (κ1) is 17.4. The summed E-state index contributed by atoms with van der Waals surface area (Å²) < 4.78 is 4.52. The van der Waals surface area contributed by atoms with E-state index in [2.05, 4.69) is 9.73 Å². The number of hydrogen-bond acceptors (Lipinski definition) is 6. The lowest BCUT2D eigenvalue weighted by Crippen LogP contribution is -2.33. The van der Waals surface area contributed by atoms with Gasteiger partial charge in [-0.05, 0) is 11.8 Å². The SMILES string of the molecule is COC(=O)CCC(O)=C1C(=O)CC(C)(C)CC1=NCCO. The zero-order valence-corrected chi connectivity index (χ0v) is 12.8. The minimum absolute atomic E-state index is 0.00971. The monoisotopic (exact) mass is 297 g/mol. The smallest absolute Gasteiger partial charge is 0.305 e. The normalized spacial score (nSPS) is 22.3. The average molecular weight is 297 g/mol. The summed E-state index contributed by atoms with van der Waals surface area (Å²) in [6, 6.07) is 0. The summed E-state index contributed by atoms with van der Waals surface area (Å²) in [6.07, 6.45) is 0.932. The van der Waals surface area contributed by atoms with Crippen molar-refractivity contribution in [2.75, 3.05) is 20.3 Å². The molecule has 21 heavy (non-hydrogen) atoms. The van der Waals surface area contributed by atoms with E-state index in [0.29, 0.717) is 18.6 Å². The second kappa shape index (κ2) is 7.36. The second-order valence-corrected chi connectivity index (χ2v) is 5.89. The Morgan fingerprint density at radius 3 is 2.57 bits per heavy atom. The Morgan fingerprint density at radius 1 is 1.33 bits per heavy atom. The zero-order chi connectivity index (χ0) is 16.0. The minimum Gasteiger partial charge on any atom is -0.511 e. The van der Waals surface area contributed by atoms with Gasteiger partial charge in [-0.2, -0.15) is 0 Å². The van der Waals surface area contributed by atoms with Crippen LogP contribution in [0.3, 0.4) is 0 Å². The number of carbonyl (C=O) groups excluding carboxylic acids is 2. The number of esters is 1. The highest BCUT2D eigenvalue weighted by Crippen LogP contribution is 2.35. The molecule has 1 aliphatic carbocycles. The van der Waals surface area contributed by atoms with E-state index >= 15 is 0 Å². The number of carbonyl (C=O) groups is 2. The lowest BCUT2D eigenvalue weighted by molar-refractivity contribution is -0.140. The maximum Gasteiger partial charge on any atom is 0.305 e. The fraction of sp³-hybridized carbons (Fsp3) is 0.667. The Morgan fingerprint density at radius 2 is 2.00 bits per heavy atom. The quantitative estimate of drug-likeness (QED) is 0.456. The van der Waals surface area contributed by atoms with E-state index < -0.39 is 5.97 Å². The number of Topliss-reactive ketones (excluding diaryl/α,β-unsaturated/α-hetero) is 1. The fourth-order valence-corrected chi connectivity index (χ4v) is 2.38. The number of methoxy groups -OCH3 is 1. The summed E-state index contributed by atoms with van der Waals surface area (Å²) in [7, 11) is 1.27. The van der Waals surface area contributed by atoms with Gasteiger partial charge < -0.3 is 14.9 Å². The van der Waals surface area contributed by atoms with Gasteiger partial charge in [0.05, 0.1) is 32.3 Å². The summed E-state index contributed by atoms with van der Waals surface area (Å²) in [5.74, 6) is -0.748. The van der Waals surface area contributed by atoms with Crippen LogP contribution in [0, 0.1) is 5.41 Å². The molecule has 0 aromatic heterocycles. The Hall–Kier alpha value is -1.69. The summed E-state index contributed by atoms with van der Waals surface area (Å²) >= 11 is 0. The number of ketones is 1. The summed E-state index contributed by atoms with van der Waals surface area (Å²) in [4.78, 5) is 27.6. The van der Waals surface area contributed by atoms with Crippen LogP contribution in [-0.2, 0) is 14.3 Å². The van der Waals surface area contributed by atoms with Gasteiger partial charge in [-0.25, -0.2) is 0 Å². The number of aliphatic imine (C=N–C) groups is 1. The predicted molar refractivity (Wildman–Crippen MR) is 78.3 cm³/mol. The molecule has 0 spiro atoms. The number of aliphatic hydroxyl groups excluding tert-OH is 2. The number of ether oxygens (including phenoxy) is 1. The molecule has 118 valence electrons. The van der Waals surface area contributed by atoms with Gasteiger partial charge in [0, 0.05) is 18.6 Å². The molecule has 0 heterocycles. The molecule has 6 nitrogen and oxygen atoms in total. The van der Waals surface area contributed by atoms with Crippen molar-refractivity contribution in [1.82, 2.24) is 0 Å². The fourth-order valence-electron chi connectivity index (χ4n) is 2.38. The van der Waals surface area contributed by atoms with Crippen LogP contribution in [-0.4, -0.2) is 47.9 Å². The van der Waals surface area contributed by atoms with Crippen LogP contribution in [0.5, 0.6) is 0 Å². The topological polar surface area (TPSA) is 96.2 Å². The number of nitrogens with zero attached hydrogens (tertiary/aromatic N) is 1. The van der Waals surface area contributed by atoms with E-state index in [9.17, 15) is 14.7 Å². The van der Waals surface area contributed by atoms with Crippen molar-refractivity contribution in [2.24, 2.45) is 10.4 Å². The van der Waals surface area contributed by atoms with Crippen molar-refractivity contribution in [1.29, 1.82) is 0 Å². The van der Waals surface area contributed by atoms with Crippen molar-refractivity contribution in [2.45, 2.75) is 39.5 Å². The van der Waals surface area contributed by atoms with Crippen molar-refractivity contribution in [3.63, 3.8) is 0 Å². The van der Waals surface area contributed by atoms with Crippen LogP contribution in [0.1, 0.15) is 39.5 Å². The van der Waals surface area contributed by atoms with Crippen LogP contribution in [0.15, 0.2) is 16.3 Å². The van der Waals surface area contributed by atoms with Crippen molar-refractivity contribution < 1.29 is 24.5 Å². The maximum absolute atomic E-state index is 12.3. The third-order valence-electron chi connectivity index (χ3n) is 3.34. The highest BCUT2D eigenvalue weighted by atomic mass is 16.5. The third-order valence-corrected chi connectivity index (χ3v) is 3.34.